The van der Waals surface area contributed by atoms with Gasteiger partial charge in [0.25, 0.3) is 0 Å². The monoisotopic (exact) mass is 337 g/mol. The van der Waals surface area contributed by atoms with Crippen LogP contribution in [0.1, 0.15) is 24.9 Å². The second-order valence-electron chi connectivity index (χ2n) is 5.97. The van der Waals surface area contributed by atoms with E-state index in [0.29, 0.717) is 17.4 Å². The zero-order chi connectivity index (χ0) is 17.4. The van der Waals surface area contributed by atoms with Crippen LogP contribution in [0.4, 0.5) is 0 Å². The van der Waals surface area contributed by atoms with Crippen molar-refractivity contribution < 1.29 is 9.52 Å². The minimum atomic E-state index is -0.113. The molecular formula is C18H19N5O2. The summed E-state index contributed by atoms with van der Waals surface area (Å²) in [4.78, 5) is 12.1. The Hall–Kier alpha value is -2.93. The van der Waals surface area contributed by atoms with Crippen molar-refractivity contribution in [1.29, 1.82) is 0 Å². The van der Waals surface area contributed by atoms with Crippen LogP contribution in [0.5, 0.6) is 0 Å². The lowest BCUT2D eigenvalue weighted by Gasteiger charge is -2.04. The van der Waals surface area contributed by atoms with E-state index in [9.17, 15) is 5.11 Å². The normalized spacial score (nSPS) is 11.5. The molecule has 3 aromatic heterocycles. The molecule has 0 saturated carbocycles. The third kappa shape index (κ3) is 2.83. The molecule has 4 aromatic rings. The Morgan fingerprint density at radius 1 is 1.20 bits per heavy atom. The fourth-order valence-corrected chi connectivity index (χ4v) is 2.86. The number of aryl methyl sites for hydroxylation is 2. The lowest BCUT2D eigenvalue weighted by Crippen LogP contribution is -2.01. The Balaban J connectivity index is 1.81. The van der Waals surface area contributed by atoms with E-state index in [4.69, 9.17) is 9.40 Å². The zero-order valence-electron chi connectivity index (χ0n) is 14.2. The summed E-state index contributed by atoms with van der Waals surface area (Å²) in [5.74, 6) is 3.41. The minimum Gasteiger partial charge on any atom is -0.458 e. The van der Waals surface area contributed by atoms with E-state index in [1.54, 1.807) is 0 Å². The number of aromatic amines is 1. The first-order valence-corrected chi connectivity index (χ1v) is 8.29. The topological polar surface area (TPSA) is 92.8 Å². The van der Waals surface area contributed by atoms with Gasteiger partial charge >= 0.3 is 0 Å². The summed E-state index contributed by atoms with van der Waals surface area (Å²) < 4.78 is 7.56. The lowest BCUT2D eigenvalue weighted by molar-refractivity contribution is 0.273. The fraction of sp³-hybridized carbons (Fsp3) is 0.278. The molecule has 7 nitrogen and oxygen atoms in total. The van der Waals surface area contributed by atoms with Crippen LogP contribution in [0.15, 0.2) is 34.7 Å². The summed E-state index contributed by atoms with van der Waals surface area (Å²) in [7, 11) is 0. The molecule has 0 radical (unpaired) electrons. The molecule has 0 aliphatic carbocycles. The maximum absolute atomic E-state index is 9.24. The molecule has 0 bridgehead atoms. The molecule has 0 atom stereocenters. The number of furan rings is 1. The Morgan fingerprint density at radius 3 is 2.80 bits per heavy atom. The number of imidazole rings is 1. The van der Waals surface area contributed by atoms with Gasteiger partial charge in [-0.2, -0.15) is 0 Å². The summed E-state index contributed by atoms with van der Waals surface area (Å²) in [5, 5.41) is 13.8. The number of rotatable bonds is 5. The second-order valence-corrected chi connectivity index (χ2v) is 5.97. The molecule has 0 aliphatic rings. The van der Waals surface area contributed by atoms with Crippen molar-refractivity contribution in [3.05, 3.63) is 41.9 Å². The molecule has 3 heterocycles. The fourth-order valence-electron chi connectivity index (χ4n) is 2.86. The average molecular weight is 337 g/mol. The highest BCUT2D eigenvalue weighted by molar-refractivity contribution is 5.80. The molecular weight excluding hydrogens is 318 g/mol. The van der Waals surface area contributed by atoms with Crippen LogP contribution in [0.2, 0.25) is 0 Å². The molecule has 7 heteroatoms. The summed E-state index contributed by atoms with van der Waals surface area (Å²) in [6.45, 7) is 4.66. The van der Waals surface area contributed by atoms with Gasteiger partial charge in [0.1, 0.15) is 18.2 Å². The highest BCUT2D eigenvalue weighted by Gasteiger charge is 2.16. The largest absolute Gasteiger partial charge is 0.458 e. The molecule has 128 valence electrons. The number of nitrogens with one attached hydrogen (secondary N) is 1. The predicted molar refractivity (Wildman–Crippen MR) is 93.8 cm³/mol. The molecule has 2 N–H and O–H groups in total. The van der Waals surface area contributed by atoms with Crippen LogP contribution in [0.3, 0.4) is 0 Å². The zero-order valence-corrected chi connectivity index (χ0v) is 14.2. The quantitative estimate of drug-likeness (QED) is 0.583. The maximum Gasteiger partial charge on any atom is 0.217 e. The number of aliphatic hydroxyl groups excluding tert-OH is 1. The number of aliphatic hydroxyl groups is 1. The number of hydrogen-bond donors (Lipinski definition) is 2. The summed E-state index contributed by atoms with van der Waals surface area (Å²) >= 11 is 0. The van der Waals surface area contributed by atoms with Gasteiger partial charge in [-0.05, 0) is 43.7 Å². The molecule has 0 saturated heterocycles. The third-order valence-electron chi connectivity index (χ3n) is 4.01. The first-order chi connectivity index (χ1) is 12.2. The Morgan fingerprint density at radius 2 is 2.08 bits per heavy atom. The summed E-state index contributed by atoms with van der Waals surface area (Å²) in [6, 6.07) is 9.66. The van der Waals surface area contributed by atoms with Gasteiger partial charge in [0.15, 0.2) is 11.6 Å². The van der Waals surface area contributed by atoms with Crippen LogP contribution >= 0.6 is 0 Å². The Labute approximate surface area is 144 Å². The van der Waals surface area contributed by atoms with Gasteiger partial charge in [-0.1, -0.05) is 6.92 Å². The second kappa shape index (κ2) is 6.18. The molecule has 0 amide bonds. The van der Waals surface area contributed by atoms with Crippen LogP contribution in [-0.2, 0) is 13.2 Å². The Kier molecular flexibility index (Phi) is 3.85. The number of benzene rings is 1. The molecule has 0 aliphatic heterocycles. The first kappa shape index (κ1) is 15.6. The highest BCUT2D eigenvalue weighted by atomic mass is 16.3. The van der Waals surface area contributed by atoms with Crippen LogP contribution < -0.4 is 0 Å². The first-order valence-electron chi connectivity index (χ1n) is 8.29. The maximum atomic E-state index is 9.24. The molecule has 1 aromatic carbocycles. The molecule has 0 unspecified atom stereocenters. The molecule has 0 fully saturated rings. The van der Waals surface area contributed by atoms with Gasteiger partial charge in [-0.25, -0.2) is 14.6 Å². The van der Waals surface area contributed by atoms with Crippen molar-refractivity contribution in [2.45, 2.75) is 33.4 Å². The SMILES string of the molecule is CCCn1nc(-c2ccc(C)o2)nc1-c1ccc2nc(CO)[nH]c2c1. The number of nitrogens with zero attached hydrogens (tertiary/aromatic N) is 4. The van der Waals surface area contributed by atoms with Gasteiger partial charge in [0, 0.05) is 12.1 Å². The van der Waals surface area contributed by atoms with Crippen LogP contribution in [-0.4, -0.2) is 29.8 Å². The van der Waals surface area contributed by atoms with E-state index < -0.39 is 0 Å². The molecule has 4 rings (SSSR count). The van der Waals surface area contributed by atoms with E-state index in [0.717, 1.165) is 41.1 Å². The minimum absolute atomic E-state index is 0.113. The smallest absolute Gasteiger partial charge is 0.217 e. The number of hydrogen-bond acceptors (Lipinski definition) is 5. The highest BCUT2D eigenvalue weighted by Crippen LogP contribution is 2.26. The van der Waals surface area contributed by atoms with E-state index >= 15 is 0 Å². The Bertz CT molecular complexity index is 1030. The van der Waals surface area contributed by atoms with Gasteiger partial charge in [-0.3, -0.25) is 0 Å². The number of aromatic nitrogens is 5. The van der Waals surface area contributed by atoms with Gasteiger partial charge in [-0.15, -0.1) is 5.10 Å². The van der Waals surface area contributed by atoms with Crippen LogP contribution in [0, 0.1) is 6.92 Å². The van der Waals surface area contributed by atoms with Crippen LogP contribution in [0.25, 0.3) is 34.0 Å². The van der Waals surface area contributed by atoms with Crippen molar-refractivity contribution in [2.24, 2.45) is 0 Å². The van der Waals surface area contributed by atoms with Crippen molar-refractivity contribution >= 4 is 11.0 Å². The van der Waals surface area contributed by atoms with E-state index in [1.807, 2.05) is 41.9 Å². The van der Waals surface area contributed by atoms with Crippen molar-refractivity contribution in [3.63, 3.8) is 0 Å². The average Bonchev–Trinajstić information content (AvgIpc) is 3.31. The van der Waals surface area contributed by atoms with Gasteiger partial charge in [0.05, 0.1) is 11.0 Å². The number of H-pyrrole nitrogens is 1. The molecule has 0 spiro atoms. The molecule has 25 heavy (non-hydrogen) atoms. The number of fused-ring (bicyclic) bond motifs is 1. The van der Waals surface area contributed by atoms with E-state index in [1.165, 1.54) is 0 Å². The van der Waals surface area contributed by atoms with Crippen molar-refractivity contribution in [2.75, 3.05) is 0 Å². The standard InChI is InChI=1S/C18H19N5O2/c1-3-8-23-18(21-17(22-23)15-7-4-11(2)25-15)12-5-6-13-14(9-12)20-16(10-24)19-13/h4-7,9,24H,3,8,10H2,1-2H3,(H,19,20). The van der Waals surface area contributed by atoms with E-state index in [2.05, 4.69) is 22.0 Å². The third-order valence-corrected chi connectivity index (χ3v) is 4.01. The summed E-state index contributed by atoms with van der Waals surface area (Å²) in [5.41, 5.74) is 2.62. The predicted octanol–water partition coefficient (Wildman–Crippen LogP) is 3.29. The lowest BCUT2D eigenvalue weighted by atomic mass is 10.2. The van der Waals surface area contributed by atoms with Crippen molar-refractivity contribution in [1.82, 2.24) is 24.7 Å². The van der Waals surface area contributed by atoms with Gasteiger partial charge in [0.2, 0.25) is 5.82 Å². The summed E-state index contributed by atoms with van der Waals surface area (Å²) in [6.07, 6.45) is 0.952. The van der Waals surface area contributed by atoms with E-state index in [-0.39, 0.29) is 6.61 Å². The van der Waals surface area contributed by atoms with Crippen molar-refractivity contribution in [3.8, 4) is 23.0 Å². The van der Waals surface area contributed by atoms with Gasteiger partial charge < -0.3 is 14.5 Å².